The normalized spacial score (nSPS) is 14.4. The molecule has 96 valence electrons. The molecule has 2 nitrogen and oxygen atoms in total. The minimum Gasteiger partial charge on any atom is -0.497 e. The van der Waals surface area contributed by atoms with Crippen LogP contribution in [-0.4, -0.2) is 13.2 Å². The van der Waals surface area contributed by atoms with E-state index < -0.39 is 0 Å². The second-order valence-electron chi connectivity index (χ2n) is 4.53. The Balaban J connectivity index is 2.65. The topological polar surface area (TPSA) is 35.2 Å². The Morgan fingerprint density at radius 2 is 2.06 bits per heavy atom. The third-order valence-electron chi connectivity index (χ3n) is 3.23. The first kappa shape index (κ1) is 14.3. The maximum Gasteiger partial charge on any atom is 0.120 e. The Bertz CT molecular complexity index is 354. The molecule has 17 heavy (non-hydrogen) atoms. The van der Waals surface area contributed by atoms with Gasteiger partial charge in [0.1, 0.15) is 5.75 Å². The minimum atomic E-state index is 0.300. The predicted molar refractivity (Wildman–Crippen MR) is 73.9 cm³/mol. The average molecular weight is 256 g/mol. The molecule has 0 spiro atoms. The lowest BCUT2D eigenvalue weighted by Gasteiger charge is -2.16. The van der Waals surface area contributed by atoms with Gasteiger partial charge in [0.2, 0.25) is 0 Å². The highest BCUT2D eigenvalue weighted by atomic mass is 35.5. The van der Waals surface area contributed by atoms with Gasteiger partial charge in [-0.1, -0.05) is 31.5 Å². The zero-order valence-electron chi connectivity index (χ0n) is 10.9. The summed E-state index contributed by atoms with van der Waals surface area (Å²) in [5, 5.41) is 0.780. The number of halogens is 1. The van der Waals surface area contributed by atoms with Crippen LogP contribution in [-0.2, 0) is 0 Å². The van der Waals surface area contributed by atoms with Crippen LogP contribution in [0, 0.1) is 0 Å². The van der Waals surface area contributed by atoms with Crippen LogP contribution in [0.5, 0.6) is 5.75 Å². The molecule has 0 heterocycles. The van der Waals surface area contributed by atoms with Gasteiger partial charge in [-0.25, -0.2) is 0 Å². The molecule has 2 atom stereocenters. The zero-order valence-corrected chi connectivity index (χ0v) is 11.6. The van der Waals surface area contributed by atoms with Crippen molar-refractivity contribution in [2.75, 3.05) is 7.11 Å². The molecule has 0 aliphatic rings. The van der Waals surface area contributed by atoms with Crippen LogP contribution >= 0.6 is 11.6 Å². The summed E-state index contributed by atoms with van der Waals surface area (Å²) in [6.07, 6.45) is 3.14. The van der Waals surface area contributed by atoms with Crippen molar-refractivity contribution < 1.29 is 4.74 Å². The molecule has 1 aromatic rings. The number of nitrogens with two attached hydrogens (primary N) is 1. The van der Waals surface area contributed by atoms with E-state index in [0.29, 0.717) is 12.0 Å². The third-order valence-corrected chi connectivity index (χ3v) is 3.56. The van der Waals surface area contributed by atoms with E-state index in [2.05, 4.69) is 13.8 Å². The first-order valence-corrected chi connectivity index (χ1v) is 6.55. The van der Waals surface area contributed by atoms with Gasteiger partial charge in [-0.3, -0.25) is 0 Å². The van der Waals surface area contributed by atoms with E-state index in [-0.39, 0.29) is 0 Å². The molecule has 1 rings (SSSR count). The van der Waals surface area contributed by atoms with E-state index in [1.165, 1.54) is 5.56 Å². The lowest BCUT2D eigenvalue weighted by atomic mass is 9.93. The van der Waals surface area contributed by atoms with Crippen LogP contribution in [0.2, 0.25) is 5.02 Å². The van der Waals surface area contributed by atoms with E-state index in [1.807, 2.05) is 18.2 Å². The summed E-state index contributed by atoms with van der Waals surface area (Å²) in [6.45, 7) is 4.31. The highest BCUT2D eigenvalue weighted by Crippen LogP contribution is 2.31. The fourth-order valence-corrected chi connectivity index (χ4v) is 2.21. The number of methoxy groups -OCH3 is 1. The largest absolute Gasteiger partial charge is 0.497 e. The number of ether oxygens (including phenoxy) is 1. The van der Waals surface area contributed by atoms with Gasteiger partial charge in [0, 0.05) is 11.1 Å². The van der Waals surface area contributed by atoms with Crippen molar-refractivity contribution in [1.82, 2.24) is 0 Å². The van der Waals surface area contributed by atoms with Gasteiger partial charge >= 0.3 is 0 Å². The lowest BCUT2D eigenvalue weighted by Crippen LogP contribution is -2.18. The molecular formula is C14H22ClNO. The van der Waals surface area contributed by atoms with Crippen molar-refractivity contribution in [3.63, 3.8) is 0 Å². The van der Waals surface area contributed by atoms with Gasteiger partial charge in [0.15, 0.2) is 0 Å². The van der Waals surface area contributed by atoms with Gasteiger partial charge in [0.25, 0.3) is 0 Å². The predicted octanol–water partition coefficient (Wildman–Crippen LogP) is 3.97. The molecule has 0 saturated carbocycles. The average Bonchev–Trinajstić information content (AvgIpc) is 2.35. The molecule has 0 saturated heterocycles. The second-order valence-corrected chi connectivity index (χ2v) is 4.94. The zero-order chi connectivity index (χ0) is 12.8. The second kappa shape index (κ2) is 6.87. The maximum absolute atomic E-state index is 6.24. The molecule has 0 aromatic heterocycles. The molecule has 0 fully saturated rings. The lowest BCUT2D eigenvalue weighted by molar-refractivity contribution is 0.414. The van der Waals surface area contributed by atoms with E-state index >= 15 is 0 Å². The molecule has 0 radical (unpaired) electrons. The monoisotopic (exact) mass is 255 g/mol. The molecule has 2 unspecified atom stereocenters. The first-order chi connectivity index (χ1) is 8.08. The van der Waals surface area contributed by atoms with Gasteiger partial charge in [-0.05, 0) is 42.9 Å². The highest BCUT2D eigenvalue weighted by Gasteiger charge is 2.11. The van der Waals surface area contributed by atoms with Gasteiger partial charge in [-0.2, -0.15) is 0 Å². The van der Waals surface area contributed by atoms with Crippen LogP contribution in [0.3, 0.4) is 0 Å². The quantitative estimate of drug-likeness (QED) is 0.835. The molecule has 0 aliphatic heterocycles. The summed E-state index contributed by atoms with van der Waals surface area (Å²) in [7, 11) is 1.65. The Labute approximate surface area is 109 Å². The minimum absolute atomic E-state index is 0.300. The number of benzene rings is 1. The van der Waals surface area contributed by atoms with Crippen molar-refractivity contribution >= 4 is 11.6 Å². The van der Waals surface area contributed by atoms with Crippen molar-refractivity contribution in [3.05, 3.63) is 28.8 Å². The molecule has 2 N–H and O–H groups in total. The fraction of sp³-hybridized carbons (Fsp3) is 0.571. The SMILES string of the molecule is CCC(N)CCC(C)c1ccc(OC)cc1Cl. The van der Waals surface area contributed by atoms with Gasteiger partial charge in [0.05, 0.1) is 7.11 Å². The van der Waals surface area contributed by atoms with E-state index in [4.69, 9.17) is 22.1 Å². The van der Waals surface area contributed by atoms with Gasteiger partial charge < -0.3 is 10.5 Å². The van der Waals surface area contributed by atoms with Crippen LogP contribution < -0.4 is 10.5 Å². The van der Waals surface area contributed by atoms with E-state index in [1.54, 1.807) is 7.11 Å². The Morgan fingerprint density at radius 3 is 2.59 bits per heavy atom. The Kier molecular flexibility index (Phi) is 5.79. The van der Waals surface area contributed by atoms with Crippen molar-refractivity contribution in [2.24, 2.45) is 5.73 Å². The molecule has 3 heteroatoms. The Hall–Kier alpha value is -0.730. The van der Waals surface area contributed by atoms with E-state index in [0.717, 1.165) is 30.0 Å². The molecule has 0 bridgehead atoms. The molecule has 0 aliphatic carbocycles. The number of rotatable bonds is 6. The number of hydrogen-bond acceptors (Lipinski definition) is 2. The van der Waals surface area contributed by atoms with Crippen LogP contribution in [0.15, 0.2) is 18.2 Å². The summed E-state index contributed by atoms with van der Waals surface area (Å²) < 4.78 is 5.14. The molecule has 1 aromatic carbocycles. The summed E-state index contributed by atoms with van der Waals surface area (Å²) >= 11 is 6.24. The van der Waals surface area contributed by atoms with Crippen LogP contribution in [0.25, 0.3) is 0 Å². The summed E-state index contributed by atoms with van der Waals surface area (Å²) in [6, 6.07) is 6.17. The highest BCUT2D eigenvalue weighted by molar-refractivity contribution is 6.31. The fourth-order valence-electron chi connectivity index (χ4n) is 1.86. The summed E-state index contributed by atoms with van der Waals surface area (Å²) in [5.74, 6) is 1.24. The van der Waals surface area contributed by atoms with Crippen LogP contribution in [0.4, 0.5) is 0 Å². The summed E-state index contributed by atoms with van der Waals surface area (Å²) in [4.78, 5) is 0. The van der Waals surface area contributed by atoms with Gasteiger partial charge in [-0.15, -0.1) is 0 Å². The molecule has 0 amide bonds. The van der Waals surface area contributed by atoms with Crippen molar-refractivity contribution in [1.29, 1.82) is 0 Å². The Morgan fingerprint density at radius 1 is 1.35 bits per heavy atom. The first-order valence-electron chi connectivity index (χ1n) is 6.17. The third kappa shape index (κ3) is 4.21. The van der Waals surface area contributed by atoms with Crippen LogP contribution in [0.1, 0.15) is 44.6 Å². The summed E-state index contributed by atoms with van der Waals surface area (Å²) in [5.41, 5.74) is 7.11. The molecular weight excluding hydrogens is 234 g/mol. The van der Waals surface area contributed by atoms with Crippen molar-refractivity contribution in [3.8, 4) is 5.75 Å². The van der Waals surface area contributed by atoms with E-state index in [9.17, 15) is 0 Å². The smallest absolute Gasteiger partial charge is 0.120 e. The number of hydrogen-bond donors (Lipinski definition) is 1. The standard InChI is InChI=1S/C14H22ClNO/c1-4-11(16)6-5-10(2)13-8-7-12(17-3)9-14(13)15/h7-11H,4-6,16H2,1-3H3. The maximum atomic E-state index is 6.24. The van der Waals surface area contributed by atoms with Crippen molar-refractivity contribution in [2.45, 2.75) is 45.1 Å².